The number of benzene rings is 2. The van der Waals surface area contributed by atoms with Crippen molar-refractivity contribution in [2.75, 3.05) is 20.1 Å². The van der Waals surface area contributed by atoms with Crippen molar-refractivity contribution in [3.05, 3.63) is 70.0 Å². The average Bonchev–Trinajstić information content (AvgIpc) is 3.07. The van der Waals surface area contributed by atoms with Gasteiger partial charge in [0.25, 0.3) is 11.8 Å². The molecule has 0 aliphatic carbocycles. The molecule has 2 aliphatic heterocycles. The number of carbonyl (C=O) groups is 4. The van der Waals surface area contributed by atoms with E-state index in [-0.39, 0.29) is 38.4 Å². The van der Waals surface area contributed by atoms with Gasteiger partial charge in [0.05, 0.1) is 11.1 Å². The highest BCUT2D eigenvalue weighted by Crippen LogP contribution is 2.38. The van der Waals surface area contributed by atoms with Crippen molar-refractivity contribution in [2.24, 2.45) is 5.92 Å². The summed E-state index contributed by atoms with van der Waals surface area (Å²) in [5.41, 5.74) is -2.47. The molecule has 0 radical (unpaired) electrons. The summed E-state index contributed by atoms with van der Waals surface area (Å²) >= 11 is 6.10. The van der Waals surface area contributed by atoms with Gasteiger partial charge in [-0.2, -0.15) is 13.2 Å². The lowest BCUT2D eigenvalue weighted by Crippen LogP contribution is -2.60. The molecule has 0 unspecified atom stereocenters. The SMILES string of the molecule is CC(C)[C@@H](NC(=O)c1cc(C(F)(F)F)ccc1F)C(=O)N1CCC2(CC1)C(=O)N(C)C(=O)N2Cc1cccc(Cl)c1. The number of hydrogen-bond donors (Lipinski definition) is 1. The second-order valence-corrected chi connectivity index (χ2v) is 11.0. The maximum atomic E-state index is 14.3. The average molecular weight is 597 g/mol. The third-order valence-corrected chi connectivity index (χ3v) is 7.86. The van der Waals surface area contributed by atoms with Gasteiger partial charge < -0.3 is 15.1 Å². The highest BCUT2D eigenvalue weighted by atomic mass is 35.5. The fourth-order valence-electron chi connectivity index (χ4n) is 5.30. The highest BCUT2D eigenvalue weighted by molar-refractivity contribution is 6.30. The number of rotatable bonds is 6. The Hall–Kier alpha value is -3.67. The Morgan fingerprint density at radius 2 is 1.73 bits per heavy atom. The molecule has 0 aromatic heterocycles. The van der Waals surface area contributed by atoms with Crippen LogP contribution in [-0.2, 0) is 22.3 Å². The summed E-state index contributed by atoms with van der Waals surface area (Å²) in [5.74, 6) is -3.71. The molecule has 220 valence electrons. The van der Waals surface area contributed by atoms with Crippen LogP contribution in [0.1, 0.15) is 48.2 Å². The number of nitrogens with zero attached hydrogens (tertiary/aromatic N) is 3. The topological polar surface area (TPSA) is 90.0 Å². The summed E-state index contributed by atoms with van der Waals surface area (Å²) in [7, 11) is 1.40. The van der Waals surface area contributed by atoms with E-state index >= 15 is 0 Å². The number of likely N-dealkylation sites (N-methyl/N-ethyl adjacent to an activating group) is 1. The van der Waals surface area contributed by atoms with E-state index in [0.29, 0.717) is 23.2 Å². The molecule has 1 atom stereocenters. The van der Waals surface area contributed by atoms with Gasteiger partial charge >= 0.3 is 12.2 Å². The molecule has 13 heteroatoms. The van der Waals surface area contributed by atoms with E-state index in [0.717, 1.165) is 10.5 Å². The molecule has 41 heavy (non-hydrogen) atoms. The number of carbonyl (C=O) groups excluding carboxylic acids is 4. The zero-order valence-corrected chi connectivity index (χ0v) is 23.4. The van der Waals surface area contributed by atoms with Crippen LogP contribution in [0, 0.1) is 11.7 Å². The first kappa shape index (κ1) is 30.3. The maximum absolute atomic E-state index is 14.3. The van der Waals surface area contributed by atoms with Crippen LogP contribution in [0.4, 0.5) is 22.4 Å². The van der Waals surface area contributed by atoms with Crippen LogP contribution in [0.3, 0.4) is 0 Å². The number of nitrogens with one attached hydrogen (secondary N) is 1. The summed E-state index contributed by atoms with van der Waals surface area (Å²) in [4.78, 5) is 56.6. The third kappa shape index (κ3) is 5.88. The van der Waals surface area contributed by atoms with Crippen LogP contribution in [-0.4, -0.2) is 70.2 Å². The van der Waals surface area contributed by atoms with Crippen molar-refractivity contribution in [2.45, 2.75) is 51.0 Å². The second kappa shape index (κ2) is 11.3. The molecule has 8 nitrogen and oxygen atoms in total. The molecule has 0 saturated carbocycles. The monoisotopic (exact) mass is 596 g/mol. The number of halogens is 5. The quantitative estimate of drug-likeness (QED) is 0.386. The molecule has 0 bridgehead atoms. The molecule has 5 amide bonds. The Bertz CT molecular complexity index is 1380. The first-order chi connectivity index (χ1) is 19.2. The minimum Gasteiger partial charge on any atom is -0.341 e. The van der Waals surface area contributed by atoms with Crippen molar-refractivity contribution in [1.29, 1.82) is 0 Å². The largest absolute Gasteiger partial charge is 0.416 e. The lowest BCUT2D eigenvalue weighted by molar-refractivity contribution is -0.142. The van der Waals surface area contributed by atoms with Gasteiger partial charge in [-0.25, -0.2) is 9.18 Å². The fourth-order valence-corrected chi connectivity index (χ4v) is 5.51. The van der Waals surface area contributed by atoms with E-state index in [1.807, 2.05) is 0 Å². The molecule has 2 aromatic carbocycles. The maximum Gasteiger partial charge on any atom is 0.416 e. The molecular weight excluding hydrogens is 568 g/mol. The smallest absolute Gasteiger partial charge is 0.341 e. The number of alkyl halides is 3. The highest BCUT2D eigenvalue weighted by Gasteiger charge is 2.57. The van der Waals surface area contributed by atoms with Crippen LogP contribution in [0.15, 0.2) is 42.5 Å². The van der Waals surface area contributed by atoms with Crippen LogP contribution in [0.25, 0.3) is 0 Å². The van der Waals surface area contributed by atoms with Crippen LogP contribution >= 0.6 is 11.6 Å². The van der Waals surface area contributed by atoms with E-state index in [9.17, 15) is 36.7 Å². The molecule has 2 heterocycles. The van der Waals surface area contributed by atoms with Crippen molar-refractivity contribution in [3.63, 3.8) is 0 Å². The van der Waals surface area contributed by atoms with Gasteiger partial charge in [0.15, 0.2) is 0 Å². The Kier molecular flexibility index (Phi) is 8.35. The second-order valence-electron chi connectivity index (χ2n) is 10.6. The first-order valence-electron chi connectivity index (χ1n) is 13.0. The molecule has 2 fully saturated rings. The number of likely N-dealkylation sites (tertiary alicyclic amines) is 1. The summed E-state index contributed by atoms with van der Waals surface area (Å²) in [6, 6.07) is 6.78. The summed E-state index contributed by atoms with van der Waals surface area (Å²) in [6.07, 6.45) is -4.52. The summed E-state index contributed by atoms with van der Waals surface area (Å²) in [5, 5.41) is 2.87. The van der Waals surface area contributed by atoms with E-state index in [4.69, 9.17) is 11.6 Å². The molecule has 1 N–H and O–H groups in total. The third-order valence-electron chi connectivity index (χ3n) is 7.63. The van der Waals surface area contributed by atoms with Gasteiger partial charge in [-0.05, 0) is 54.7 Å². The fraction of sp³-hybridized carbons (Fsp3) is 0.429. The molecule has 2 saturated heterocycles. The molecular formula is C28H29ClF4N4O4. The van der Waals surface area contributed by atoms with E-state index in [1.165, 1.54) is 16.8 Å². The summed E-state index contributed by atoms with van der Waals surface area (Å²) in [6.45, 7) is 3.56. The van der Waals surface area contributed by atoms with Crippen molar-refractivity contribution in [3.8, 4) is 0 Å². The number of hydrogen-bond acceptors (Lipinski definition) is 4. The standard InChI is InChI=1S/C28H29ClF4N4O4/c1-16(2)22(34-23(38)20-14-18(28(31,32)33)7-8-21(20)30)24(39)36-11-9-27(10-12-36)25(40)35(3)26(41)37(27)15-17-5-4-6-19(29)13-17/h4-8,13-14,16,22H,9-12,15H2,1-3H3,(H,34,38)/t22-/m1/s1. The number of imide groups is 1. The zero-order valence-electron chi connectivity index (χ0n) is 22.6. The minimum atomic E-state index is -4.78. The van der Waals surface area contributed by atoms with E-state index < -0.39 is 58.5 Å². The van der Waals surface area contributed by atoms with E-state index in [1.54, 1.807) is 38.1 Å². The predicted molar refractivity (Wildman–Crippen MR) is 141 cm³/mol. The predicted octanol–water partition coefficient (Wildman–Crippen LogP) is 4.71. The van der Waals surface area contributed by atoms with Gasteiger partial charge in [0.2, 0.25) is 5.91 Å². The van der Waals surface area contributed by atoms with Gasteiger partial charge in [0, 0.05) is 31.7 Å². The summed E-state index contributed by atoms with van der Waals surface area (Å²) < 4.78 is 53.7. The molecule has 1 spiro atoms. The van der Waals surface area contributed by atoms with Crippen LogP contribution in [0.5, 0.6) is 0 Å². The number of piperidine rings is 1. The molecule has 2 aromatic rings. The number of urea groups is 1. The lowest BCUT2D eigenvalue weighted by Gasteiger charge is -2.43. The van der Waals surface area contributed by atoms with Crippen LogP contribution in [0.2, 0.25) is 5.02 Å². The van der Waals surface area contributed by atoms with Crippen molar-refractivity contribution in [1.82, 2.24) is 20.0 Å². The molecule has 4 rings (SSSR count). The Labute approximate surface area is 239 Å². The normalized spacial score (nSPS) is 17.9. The zero-order chi connectivity index (χ0) is 30.3. The minimum absolute atomic E-state index is 0.0781. The Morgan fingerprint density at radius 1 is 1.07 bits per heavy atom. The molecule has 2 aliphatic rings. The van der Waals surface area contributed by atoms with Crippen molar-refractivity contribution >= 4 is 35.4 Å². The first-order valence-corrected chi connectivity index (χ1v) is 13.3. The Morgan fingerprint density at radius 3 is 2.32 bits per heavy atom. The lowest BCUT2D eigenvalue weighted by atomic mass is 9.85. The van der Waals surface area contributed by atoms with Crippen LogP contribution < -0.4 is 5.32 Å². The van der Waals surface area contributed by atoms with Gasteiger partial charge in [0.1, 0.15) is 17.4 Å². The van der Waals surface area contributed by atoms with E-state index in [2.05, 4.69) is 5.32 Å². The number of amides is 5. The van der Waals surface area contributed by atoms with Gasteiger partial charge in [-0.15, -0.1) is 0 Å². The van der Waals surface area contributed by atoms with Gasteiger partial charge in [-0.1, -0.05) is 37.6 Å². The van der Waals surface area contributed by atoms with Crippen molar-refractivity contribution < 1.29 is 36.7 Å². The Balaban J connectivity index is 1.50. The van der Waals surface area contributed by atoms with Gasteiger partial charge in [-0.3, -0.25) is 19.3 Å².